The molecule has 0 fully saturated rings. The Hall–Kier alpha value is -2.62. The molecular weight excluding hydrogens is 236 g/mol. The van der Waals surface area contributed by atoms with Crippen LogP contribution in [0, 0.1) is 0 Å². The van der Waals surface area contributed by atoms with E-state index >= 15 is 0 Å². The maximum Gasteiger partial charge on any atom is 0.137 e. The van der Waals surface area contributed by atoms with Crippen LogP contribution in [0.3, 0.4) is 0 Å². The van der Waals surface area contributed by atoms with Crippen LogP contribution >= 0.6 is 0 Å². The van der Waals surface area contributed by atoms with E-state index < -0.39 is 0 Å². The Balaban J connectivity index is 2.03. The highest BCUT2D eigenvalue weighted by Gasteiger charge is 2.07. The molecular formula is C15H12N4. The van der Waals surface area contributed by atoms with Crippen LogP contribution in [0.4, 0.5) is 0 Å². The average Bonchev–Trinajstić information content (AvgIpc) is 3.05. The number of H-pyrrole nitrogens is 1. The number of nitrogens with zero attached hydrogens (tertiary/aromatic N) is 3. The molecule has 19 heavy (non-hydrogen) atoms. The number of aromatic amines is 1. The summed E-state index contributed by atoms with van der Waals surface area (Å²) in [5, 5.41) is 1.14. The Kier molecular flexibility index (Phi) is 2.00. The van der Waals surface area contributed by atoms with Gasteiger partial charge in [0.1, 0.15) is 5.65 Å². The summed E-state index contributed by atoms with van der Waals surface area (Å²) in [6, 6.07) is 10.4. The zero-order valence-electron chi connectivity index (χ0n) is 10.5. The zero-order valence-corrected chi connectivity index (χ0v) is 10.5. The van der Waals surface area contributed by atoms with E-state index in [1.54, 1.807) is 0 Å². The van der Waals surface area contributed by atoms with Gasteiger partial charge in [-0.15, -0.1) is 0 Å². The summed E-state index contributed by atoms with van der Waals surface area (Å²) in [4.78, 5) is 11.8. The third-order valence-corrected chi connectivity index (χ3v) is 3.50. The summed E-state index contributed by atoms with van der Waals surface area (Å²) in [6.07, 6.45) is 5.60. The molecule has 4 heteroatoms. The van der Waals surface area contributed by atoms with Crippen LogP contribution in [0.2, 0.25) is 0 Å². The molecule has 4 rings (SSSR count). The maximum absolute atomic E-state index is 4.35. The normalized spacial score (nSPS) is 11.4. The third-order valence-electron chi connectivity index (χ3n) is 3.50. The van der Waals surface area contributed by atoms with Crippen molar-refractivity contribution in [3.8, 4) is 11.1 Å². The largest absolute Gasteiger partial charge is 0.346 e. The monoisotopic (exact) mass is 248 g/mol. The minimum Gasteiger partial charge on any atom is -0.346 e. The Morgan fingerprint density at radius 2 is 2.05 bits per heavy atom. The van der Waals surface area contributed by atoms with Gasteiger partial charge in [-0.05, 0) is 35.4 Å². The molecule has 0 aliphatic heterocycles. The van der Waals surface area contributed by atoms with Crippen molar-refractivity contribution >= 4 is 22.1 Å². The number of pyridine rings is 1. The second kappa shape index (κ2) is 3.68. The van der Waals surface area contributed by atoms with Gasteiger partial charge >= 0.3 is 0 Å². The first-order chi connectivity index (χ1) is 9.33. The number of rotatable bonds is 1. The van der Waals surface area contributed by atoms with Crippen molar-refractivity contribution in [2.45, 2.75) is 0 Å². The highest BCUT2D eigenvalue weighted by atomic mass is 15.0. The lowest BCUT2D eigenvalue weighted by atomic mass is 10.0. The van der Waals surface area contributed by atoms with Crippen LogP contribution in [0.25, 0.3) is 33.2 Å². The standard InChI is InChI=1S/C15H12N4/c1-19-9-18-13-3-2-10(8-14(13)19)11-4-6-16-15-12(11)5-7-17-15/h2-9H,1H3,(H,16,17). The van der Waals surface area contributed by atoms with Gasteiger partial charge in [0.05, 0.1) is 17.4 Å². The van der Waals surface area contributed by atoms with Gasteiger partial charge in [-0.2, -0.15) is 0 Å². The topological polar surface area (TPSA) is 46.5 Å². The molecule has 1 aromatic carbocycles. The van der Waals surface area contributed by atoms with Gasteiger partial charge in [-0.3, -0.25) is 0 Å². The van der Waals surface area contributed by atoms with Crippen molar-refractivity contribution in [2.24, 2.45) is 7.05 Å². The predicted molar refractivity (Wildman–Crippen MR) is 75.8 cm³/mol. The van der Waals surface area contributed by atoms with Gasteiger partial charge in [-0.1, -0.05) is 6.07 Å². The van der Waals surface area contributed by atoms with E-state index in [2.05, 4.69) is 39.2 Å². The van der Waals surface area contributed by atoms with E-state index in [1.165, 1.54) is 11.1 Å². The van der Waals surface area contributed by atoms with Crippen LogP contribution in [-0.4, -0.2) is 19.5 Å². The molecule has 0 saturated carbocycles. The van der Waals surface area contributed by atoms with Crippen molar-refractivity contribution in [3.63, 3.8) is 0 Å². The highest BCUT2D eigenvalue weighted by Crippen LogP contribution is 2.29. The first-order valence-corrected chi connectivity index (χ1v) is 6.16. The second-order valence-corrected chi connectivity index (χ2v) is 4.66. The summed E-state index contributed by atoms with van der Waals surface area (Å²) in [6.45, 7) is 0. The van der Waals surface area contributed by atoms with E-state index in [0.717, 1.165) is 22.1 Å². The van der Waals surface area contributed by atoms with Gasteiger partial charge in [-0.25, -0.2) is 9.97 Å². The molecule has 0 spiro atoms. The molecule has 3 aromatic heterocycles. The fourth-order valence-corrected chi connectivity index (χ4v) is 2.51. The van der Waals surface area contributed by atoms with Crippen molar-refractivity contribution in [1.29, 1.82) is 0 Å². The fraction of sp³-hybridized carbons (Fsp3) is 0.0667. The number of benzene rings is 1. The zero-order chi connectivity index (χ0) is 12.8. The molecule has 0 saturated heterocycles. The Labute approximate surface area is 109 Å². The van der Waals surface area contributed by atoms with E-state index in [4.69, 9.17) is 0 Å². The molecule has 4 aromatic rings. The minimum absolute atomic E-state index is 0.919. The average molecular weight is 248 g/mol. The van der Waals surface area contributed by atoms with E-state index in [-0.39, 0.29) is 0 Å². The van der Waals surface area contributed by atoms with Crippen molar-refractivity contribution in [3.05, 3.63) is 49.1 Å². The molecule has 0 aliphatic rings. The molecule has 0 unspecified atom stereocenters. The number of fused-ring (bicyclic) bond motifs is 2. The second-order valence-electron chi connectivity index (χ2n) is 4.66. The molecule has 1 N–H and O–H groups in total. The quantitative estimate of drug-likeness (QED) is 0.562. The predicted octanol–water partition coefficient (Wildman–Crippen LogP) is 3.12. The number of imidazole rings is 1. The van der Waals surface area contributed by atoms with Crippen LogP contribution in [0.1, 0.15) is 0 Å². The summed E-state index contributed by atoms with van der Waals surface area (Å²) in [5.74, 6) is 0. The van der Waals surface area contributed by atoms with Crippen LogP contribution in [-0.2, 0) is 7.05 Å². The van der Waals surface area contributed by atoms with Crippen LogP contribution in [0.5, 0.6) is 0 Å². The molecule has 0 atom stereocenters. The Bertz CT molecular complexity index is 885. The Morgan fingerprint density at radius 3 is 3.00 bits per heavy atom. The van der Waals surface area contributed by atoms with Gasteiger partial charge in [0, 0.05) is 24.8 Å². The van der Waals surface area contributed by atoms with Crippen LogP contribution in [0.15, 0.2) is 49.1 Å². The van der Waals surface area contributed by atoms with E-state index in [0.29, 0.717) is 0 Å². The lowest BCUT2D eigenvalue weighted by Gasteiger charge is -2.04. The minimum atomic E-state index is 0.919. The van der Waals surface area contributed by atoms with Gasteiger partial charge < -0.3 is 9.55 Å². The summed E-state index contributed by atoms with van der Waals surface area (Å²) in [5.41, 5.74) is 5.45. The van der Waals surface area contributed by atoms with Gasteiger partial charge in [0.15, 0.2) is 0 Å². The van der Waals surface area contributed by atoms with Crippen molar-refractivity contribution < 1.29 is 0 Å². The third kappa shape index (κ3) is 1.46. The van der Waals surface area contributed by atoms with Crippen molar-refractivity contribution in [1.82, 2.24) is 19.5 Å². The van der Waals surface area contributed by atoms with Crippen molar-refractivity contribution in [2.75, 3.05) is 0 Å². The highest BCUT2D eigenvalue weighted by molar-refractivity contribution is 5.95. The first-order valence-electron chi connectivity index (χ1n) is 6.16. The number of nitrogens with one attached hydrogen (secondary N) is 1. The number of hydrogen-bond donors (Lipinski definition) is 1. The maximum atomic E-state index is 4.35. The van der Waals surface area contributed by atoms with Gasteiger partial charge in [0.25, 0.3) is 0 Å². The lowest BCUT2D eigenvalue weighted by Crippen LogP contribution is -1.86. The molecule has 0 amide bonds. The SMILES string of the molecule is Cn1cnc2ccc(-c3ccnc4[nH]ccc34)cc21. The van der Waals surface area contributed by atoms with E-state index in [9.17, 15) is 0 Å². The number of aryl methyl sites for hydroxylation is 1. The summed E-state index contributed by atoms with van der Waals surface area (Å²) >= 11 is 0. The summed E-state index contributed by atoms with van der Waals surface area (Å²) < 4.78 is 2.04. The van der Waals surface area contributed by atoms with Gasteiger partial charge in [0.2, 0.25) is 0 Å². The summed E-state index contributed by atoms with van der Waals surface area (Å²) in [7, 11) is 2.01. The lowest BCUT2D eigenvalue weighted by molar-refractivity contribution is 0.948. The molecule has 4 nitrogen and oxygen atoms in total. The van der Waals surface area contributed by atoms with E-state index in [1.807, 2.05) is 36.4 Å². The fourth-order valence-electron chi connectivity index (χ4n) is 2.51. The molecule has 0 aliphatic carbocycles. The van der Waals surface area contributed by atoms with Crippen LogP contribution < -0.4 is 0 Å². The number of hydrogen-bond acceptors (Lipinski definition) is 2. The Morgan fingerprint density at radius 1 is 1.11 bits per heavy atom. The number of aromatic nitrogens is 4. The molecule has 0 bridgehead atoms. The molecule has 92 valence electrons. The first kappa shape index (κ1) is 10.3. The smallest absolute Gasteiger partial charge is 0.137 e. The molecule has 3 heterocycles. The molecule has 0 radical (unpaired) electrons.